The van der Waals surface area contributed by atoms with Crippen molar-refractivity contribution in [2.24, 2.45) is 0 Å². The molecule has 0 radical (unpaired) electrons. The van der Waals surface area contributed by atoms with Gasteiger partial charge in [0.1, 0.15) is 10.8 Å². The van der Waals surface area contributed by atoms with Crippen LogP contribution >= 0.6 is 33.9 Å². The topological polar surface area (TPSA) is 57.4 Å². The summed E-state index contributed by atoms with van der Waals surface area (Å²) in [5, 5.41) is 0.979. The summed E-state index contributed by atoms with van der Waals surface area (Å²) in [5.74, 6) is 0.784. The number of anilines is 1. The maximum atomic E-state index is 5.86. The van der Waals surface area contributed by atoms with Gasteiger partial charge in [-0.3, -0.25) is 0 Å². The molecular weight excluding hydrogens is 399 g/mol. The zero-order valence-electron chi connectivity index (χ0n) is 11.3. The fraction of sp³-hybridized carbons (Fsp3) is 0.133. The van der Waals surface area contributed by atoms with Gasteiger partial charge in [-0.05, 0) is 59.0 Å². The number of halogens is 1. The van der Waals surface area contributed by atoms with Crippen LogP contribution in [0.4, 0.5) is 5.69 Å². The van der Waals surface area contributed by atoms with Gasteiger partial charge in [0.2, 0.25) is 0 Å². The van der Waals surface area contributed by atoms with Crippen molar-refractivity contribution in [2.45, 2.75) is 0 Å². The summed E-state index contributed by atoms with van der Waals surface area (Å²) in [6, 6.07) is 11.8. The number of benzene rings is 2. The molecule has 0 aliphatic carbocycles. The number of fused-ring (bicyclic) bond motifs is 1. The second-order valence-electron chi connectivity index (χ2n) is 4.44. The highest BCUT2D eigenvalue weighted by Crippen LogP contribution is 2.33. The lowest BCUT2D eigenvalue weighted by atomic mass is 10.2. The van der Waals surface area contributed by atoms with E-state index in [4.69, 9.17) is 15.2 Å². The molecule has 0 saturated heterocycles. The Labute approximate surface area is 140 Å². The Balaban J connectivity index is 1.98. The highest BCUT2D eigenvalue weighted by molar-refractivity contribution is 14.1. The standard InChI is InChI=1S/C15H13IN2O2S/c1-19-8-20-10-3-5-13-14(7-10)21-15(18-13)9-2-4-12(17)11(16)6-9/h2-7H,8,17H2,1H3. The first-order chi connectivity index (χ1) is 10.2. The van der Waals surface area contributed by atoms with Crippen molar-refractivity contribution in [3.8, 4) is 16.3 Å². The van der Waals surface area contributed by atoms with Crippen LogP contribution in [0.2, 0.25) is 0 Å². The lowest BCUT2D eigenvalue weighted by Crippen LogP contribution is -1.98. The molecule has 0 unspecified atom stereocenters. The molecule has 3 rings (SSSR count). The molecule has 0 spiro atoms. The number of methoxy groups -OCH3 is 1. The molecule has 0 aliphatic heterocycles. The van der Waals surface area contributed by atoms with E-state index in [-0.39, 0.29) is 6.79 Å². The molecule has 0 atom stereocenters. The largest absolute Gasteiger partial charge is 0.468 e. The summed E-state index contributed by atoms with van der Waals surface area (Å²) < 4.78 is 12.5. The molecule has 3 aromatic rings. The van der Waals surface area contributed by atoms with Gasteiger partial charge in [-0.15, -0.1) is 11.3 Å². The third-order valence-electron chi connectivity index (χ3n) is 2.95. The summed E-state index contributed by atoms with van der Waals surface area (Å²) in [6.45, 7) is 0.243. The van der Waals surface area contributed by atoms with Crippen molar-refractivity contribution in [1.82, 2.24) is 4.98 Å². The minimum atomic E-state index is 0.243. The molecule has 0 saturated carbocycles. The van der Waals surface area contributed by atoms with Crippen LogP contribution in [0, 0.1) is 3.57 Å². The van der Waals surface area contributed by atoms with Crippen LogP contribution in [-0.4, -0.2) is 18.9 Å². The Morgan fingerprint density at radius 3 is 2.86 bits per heavy atom. The summed E-state index contributed by atoms with van der Waals surface area (Å²) in [6.07, 6.45) is 0. The van der Waals surface area contributed by atoms with Gasteiger partial charge in [0.05, 0.1) is 10.2 Å². The number of rotatable bonds is 4. The Morgan fingerprint density at radius 1 is 1.24 bits per heavy atom. The first kappa shape index (κ1) is 14.6. The smallest absolute Gasteiger partial charge is 0.188 e. The molecule has 108 valence electrons. The van der Waals surface area contributed by atoms with Gasteiger partial charge in [0.25, 0.3) is 0 Å². The molecule has 6 heteroatoms. The van der Waals surface area contributed by atoms with Crippen LogP contribution in [0.3, 0.4) is 0 Å². The average molecular weight is 412 g/mol. The molecule has 1 aromatic heterocycles. The van der Waals surface area contributed by atoms with Gasteiger partial charge in [0, 0.05) is 21.9 Å². The fourth-order valence-electron chi connectivity index (χ4n) is 1.91. The fourth-order valence-corrected chi connectivity index (χ4v) is 3.41. The third-order valence-corrected chi connectivity index (χ3v) is 4.95. The number of nitrogen functional groups attached to an aromatic ring is 1. The van der Waals surface area contributed by atoms with Gasteiger partial charge in [0.15, 0.2) is 6.79 Å². The average Bonchev–Trinajstić information content (AvgIpc) is 2.91. The molecule has 1 heterocycles. The molecule has 4 nitrogen and oxygen atoms in total. The zero-order valence-corrected chi connectivity index (χ0v) is 14.3. The summed E-state index contributed by atoms with van der Waals surface area (Å²) in [7, 11) is 1.60. The van der Waals surface area contributed by atoms with E-state index in [2.05, 4.69) is 33.6 Å². The van der Waals surface area contributed by atoms with Crippen molar-refractivity contribution in [2.75, 3.05) is 19.6 Å². The van der Waals surface area contributed by atoms with E-state index >= 15 is 0 Å². The molecule has 0 fully saturated rings. The number of ether oxygens (including phenoxy) is 2. The van der Waals surface area contributed by atoms with Crippen LogP contribution in [0.25, 0.3) is 20.8 Å². The van der Waals surface area contributed by atoms with E-state index in [1.165, 1.54) is 0 Å². The number of hydrogen-bond donors (Lipinski definition) is 1. The molecular formula is C15H13IN2O2S. The van der Waals surface area contributed by atoms with Gasteiger partial charge < -0.3 is 15.2 Å². The lowest BCUT2D eigenvalue weighted by molar-refractivity contribution is 0.0512. The van der Waals surface area contributed by atoms with Crippen molar-refractivity contribution < 1.29 is 9.47 Å². The van der Waals surface area contributed by atoms with E-state index in [1.54, 1.807) is 18.4 Å². The Morgan fingerprint density at radius 2 is 2.10 bits per heavy atom. The normalized spacial score (nSPS) is 11.0. The van der Waals surface area contributed by atoms with Crippen LogP contribution in [-0.2, 0) is 4.74 Å². The predicted molar refractivity (Wildman–Crippen MR) is 94.7 cm³/mol. The maximum Gasteiger partial charge on any atom is 0.188 e. The number of thiazole rings is 1. The number of nitrogens with two attached hydrogens (primary N) is 1. The Bertz CT molecular complexity index is 788. The van der Waals surface area contributed by atoms with Crippen LogP contribution < -0.4 is 10.5 Å². The van der Waals surface area contributed by atoms with Crippen molar-refractivity contribution >= 4 is 49.8 Å². The molecule has 21 heavy (non-hydrogen) atoms. The predicted octanol–water partition coefficient (Wildman–Crippen LogP) is 4.13. The maximum absolute atomic E-state index is 5.86. The van der Waals surface area contributed by atoms with Crippen LogP contribution in [0.5, 0.6) is 5.75 Å². The van der Waals surface area contributed by atoms with Gasteiger partial charge >= 0.3 is 0 Å². The second-order valence-corrected chi connectivity index (χ2v) is 6.63. The monoisotopic (exact) mass is 412 g/mol. The highest BCUT2D eigenvalue weighted by Gasteiger charge is 2.08. The zero-order chi connectivity index (χ0) is 14.8. The molecule has 0 amide bonds. The Hall–Kier alpha value is -1.38. The van der Waals surface area contributed by atoms with Crippen molar-refractivity contribution in [3.05, 3.63) is 40.0 Å². The minimum Gasteiger partial charge on any atom is -0.468 e. The molecule has 2 N–H and O–H groups in total. The Kier molecular flexibility index (Phi) is 4.27. The minimum absolute atomic E-state index is 0.243. The number of aromatic nitrogens is 1. The van der Waals surface area contributed by atoms with E-state index in [0.717, 1.165) is 35.8 Å². The first-order valence-corrected chi connectivity index (χ1v) is 8.14. The van der Waals surface area contributed by atoms with Crippen LogP contribution in [0.1, 0.15) is 0 Å². The van der Waals surface area contributed by atoms with Gasteiger partial charge in [-0.2, -0.15) is 0 Å². The summed E-state index contributed by atoms with van der Waals surface area (Å²) >= 11 is 3.87. The molecule has 0 bridgehead atoms. The highest BCUT2D eigenvalue weighted by atomic mass is 127. The van der Waals surface area contributed by atoms with Gasteiger partial charge in [-0.25, -0.2) is 4.98 Å². The van der Waals surface area contributed by atoms with Crippen molar-refractivity contribution in [1.29, 1.82) is 0 Å². The number of hydrogen-bond acceptors (Lipinski definition) is 5. The van der Waals surface area contributed by atoms with Crippen LogP contribution in [0.15, 0.2) is 36.4 Å². The SMILES string of the molecule is COCOc1ccc2nc(-c3ccc(N)c(I)c3)sc2c1. The molecule has 0 aliphatic rings. The van der Waals surface area contributed by atoms with E-state index in [0.29, 0.717) is 0 Å². The summed E-state index contributed by atoms with van der Waals surface area (Å²) in [5.41, 5.74) is 8.69. The number of nitrogens with zero attached hydrogens (tertiary/aromatic N) is 1. The van der Waals surface area contributed by atoms with E-state index in [9.17, 15) is 0 Å². The van der Waals surface area contributed by atoms with Gasteiger partial charge in [-0.1, -0.05) is 0 Å². The third kappa shape index (κ3) is 3.12. The summed E-state index contributed by atoms with van der Waals surface area (Å²) in [4.78, 5) is 4.66. The molecule has 2 aromatic carbocycles. The van der Waals surface area contributed by atoms with E-state index in [1.807, 2.05) is 30.3 Å². The lowest BCUT2D eigenvalue weighted by Gasteiger charge is -2.03. The second kappa shape index (κ2) is 6.17. The van der Waals surface area contributed by atoms with E-state index < -0.39 is 0 Å². The first-order valence-electron chi connectivity index (χ1n) is 6.25. The quantitative estimate of drug-likeness (QED) is 0.398. The van der Waals surface area contributed by atoms with Crippen molar-refractivity contribution in [3.63, 3.8) is 0 Å².